The second kappa shape index (κ2) is 9.31. The van der Waals surface area contributed by atoms with Crippen LogP contribution in [0.3, 0.4) is 0 Å². The first-order valence-corrected chi connectivity index (χ1v) is 11.1. The van der Waals surface area contributed by atoms with Crippen molar-refractivity contribution in [1.82, 2.24) is 5.43 Å². The van der Waals surface area contributed by atoms with Crippen LogP contribution < -0.4 is 15.1 Å². The number of aryl methyl sites for hydroxylation is 1. The van der Waals surface area contributed by atoms with E-state index in [1.54, 1.807) is 30.5 Å². The SMILES string of the molecule is Cc1cc2c(cc1/C=N\NC(=O)COc1ccc(Cl)cc1)[C@H](C)CC(C)(C)N2C(C)C. The molecule has 1 atom stereocenters. The molecule has 0 spiro atoms. The molecule has 1 heterocycles. The van der Waals surface area contributed by atoms with Gasteiger partial charge >= 0.3 is 0 Å². The van der Waals surface area contributed by atoms with Crippen LogP contribution in [0.2, 0.25) is 5.02 Å². The number of carbonyl (C=O) groups excluding carboxylic acids is 1. The number of rotatable bonds is 6. The van der Waals surface area contributed by atoms with Gasteiger partial charge in [0.25, 0.3) is 5.91 Å². The maximum Gasteiger partial charge on any atom is 0.277 e. The Balaban J connectivity index is 1.69. The number of amides is 1. The lowest BCUT2D eigenvalue weighted by Crippen LogP contribution is -2.51. The molecule has 0 fully saturated rings. The molecule has 1 aliphatic heterocycles. The highest BCUT2D eigenvalue weighted by Gasteiger charge is 2.37. The summed E-state index contributed by atoms with van der Waals surface area (Å²) in [6, 6.07) is 11.7. The van der Waals surface area contributed by atoms with Gasteiger partial charge in [-0.25, -0.2) is 5.43 Å². The normalized spacial score (nSPS) is 17.7. The molecule has 166 valence electrons. The highest BCUT2D eigenvalue weighted by molar-refractivity contribution is 6.30. The van der Waals surface area contributed by atoms with Crippen molar-refractivity contribution in [1.29, 1.82) is 0 Å². The zero-order chi connectivity index (χ0) is 22.8. The number of anilines is 1. The van der Waals surface area contributed by atoms with E-state index in [4.69, 9.17) is 16.3 Å². The van der Waals surface area contributed by atoms with Gasteiger partial charge in [0.1, 0.15) is 5.75 Å². The number of nitrogens with zero attached hydrogens (tertiary/aromatic N) is 2. The number of fused-ring (bicyclic) bond motifs is 1. The first kappa shape index (κ1) is 23.1. The molecular weight excluding hydrogens is 410 g/mol. The van der Waals surface area contributed by atoms with Crippen molar-refractivity contribution in [2.45, 2.75) is 65.5 Å². The second-order valence-corrected chi connectivity index (χ2v) is 9.62. The number of halogens is 1. The van der Waals surface area contributed by atoms with Gasteiger partial charge in [-0.1, -0.05) is 18.5 Å². The fourth-order valence-corrected chi connectivity index (χ4v) is 4.74. The lowest BCUT2D eigenvalue weighted by molar-refractivity contribution is -0.123. The van der Waals surface area contributed by atoms with E-state index in [0.717, 1.165) is 17.5 Å². The number of hydrogen-bond donors (Lipinski definition) is 1. The number of hydrogen-bond acceptors (Lipinski definition) is 4. The van der Waals surface area contributed by atoms with Gasteiger partial charge in [-0.2, -0.15) is 5.10 Å². The highest BCUT2D eigenvalue weighted by Crippen LogP contribution is 2.45. The first-order chi connectivity index (χ1) is 14.6. The lowest BCUT2D eigenvalue weighted by atomic mass is 9.78. The van der Waals surface area contributed by atoms with E-state index in [1.807, 2.05) is 0 Å². The van der Waals surface area contributed by atoms with Crippen molar-refractivity contribution in [3.05, 3.63) is 58.1 Å². The first-order valence-electron chi connectivity index (χ1n) is 10.7. The van der Waals surface area contributed by atoms with Crippen LogP contribution in [-0.4, -0.2) is 30.3 Å². The van der Waals surface area contributed by atoms with Crippen molar-refractivity contribution in [2.75, 3.05) is 11.5 Å². The van der Waals surface area contributed by atoms with Crippen molar-refractivity contribution in [3.63, 3.8) is 0 Å². The molecule has 1 aliphatic rings. The van der Waals surface area contributed by atoms with Crippen LogP contribution in [0.15, 0.2) is 41.5 Å². The fourth-order valence-electron chi connectivity index (χ4n) is 4.62. The molecule has 1 N–H and O–H groups in total. The van der Waals surface area contributed by atoms with Gasteiger partial charge in [-0.15, -0.1) is 0 Å². The van der Waals surface area contributed by atoms with E-state index in [0.29, 0.717) is 22.7 Å². The molecule has 5 nitrogen and oxygen atoms in total. The minimum atomic E-state index is -0.317. The van der Waals surface area contributed by atoms with E-state index in [2.05, 4.69) is 69.1 Å². The van der Waals surface area contributed by atoms with E-state index < -0.39 is 0 Å². The molecule has 0 saturated carbocycles. The Bertz CT molecular complexity index is 967. The molecule has 0 unspecified atom stereocenters. The van der Waals surface area contributed by atoms with Crippen molar-refractivity contribution in [3.8, 4) is 5.75 Å². The molecule has 0 bridgehead atoms. The lowest BCUT2D eigenvalue weighted by Gasteiger charge is -2.50. The minimum Gasteiger partial charge on any atom is -0.484 e. The van der Waals surface area contributed by atoms with Gasteiger partial charge in [0.2, 0.25) is 0 Å². The molecule has 3 rings (SSSR count). The van der Waals surface area contributed by atoms with Crippen LogP contribution in [0, 0.1) is 6.92 Å². The summed E-state index contributed by atoms with van der Waals surface area (Å²) in [4.78, 5) is 14.6. The summed E-state index contributed by atoms with van der Waals surface area (Å²) in [5, 5.41) is 4.77. The molecule has 2 aromatic rings. The number of hydrazone groups is 1. The molecule has 0 radical (unpaired) electrons. The Morgan fingerprint density at radius 3 is 2.65 bits per heavy atom. The zero-order valence-corrected chi connectivity index (χ0v) is 20.0. The fraction of sp³-hybridized carbons (Fsp3) is 0.440. The van der Waals surface area contributed by atoms with E-state index in [1.165, 1.54) is 11.3 Å². The Labute approximate surface area is 190 Å². The summed E-state index contributed by atoms with van der Waals surface area (Å²) < 4.78 is 5.44. The quantitative estimate of drug-likeness (QED) is 0.463. The monoisotopic (exact) mass is 441 g/mol. The van der Waals surface area contributed by atoms with Crippen LogP contribution in [0.25, 0.3) is 0 Å². The van der Waals surface area contributed by atoms with Crippen LogP contribution in [0.1, 0.15) is 63.6 Å². The van der Waals surface area contributed by atoms with Crippen LogP contribution in [-0.2, 0) is 4.79 Å². The van der Waals surface area contributed by atoms with Gasteiger partial charge < -0.3 is 9.64 Å². The summed E-state index contributed by atoms with van der Waals surface area (Å²) >= 11 is 5.85. The predicted molar refractivity (Wildman–Crippen MR) is 129 cm³/mol. The van der Waals surface area contributed by atoms with E-state index in [9.17, 15) is 4.79 Å². The summed E-state index contributed by atoms with van der Waals surface area (Å²) in [6.07, 6.45) is 2.80. The molecular formula is C25H32ClN3O2. The zero-order valence-electron chi connectivity index (χ0n) is 19.2. The molecule has 2 aromatic carbocycles. The van der Waals surface area contributed by atoms with Gasteiger partial charge in [0.15, 0.2) is 6.61 Å². The Hall–Kier alpha value is -2.53. The summed E-state index contributed by atoms with van der Waals surface area (Å²) in [7, 11) is 0. The molecule has 0 aliphatic carbocycles. The summed E-state index contributed by atoms with van der Waals surface area (Å²) in [5.74, 6) is 0.721. The van der Waals surface area contributed by atoms with Crippen LogP contribution in [0.4, 0.5) is 5.69 Å². The van der Waals surface area contributed by atoms with Crippen molar-refractivity contribution in [2.24, 2.45) is 5.10 Å². The van der Waals surface area contributed by atoms with Gasteiger partial charge in [-0.05, 0) is 100 Å². The average Bonchev–Trinajstić information content (AvgIpc) is 2.67. The second-order valence-electron chi connectivity index (χ2n) is 9.18. The topological polar surface area (TPSA) is 53.9 Å². The number of carbonyl (C=O) groups is 1. The Kier molecular flexibility index (Phi) is 6.95. The third-order valence-corrected chi connectivity index (χ3v) is 6.01. The largest absolute Gasteiger partial charge is 0.484 e. The molecule has 31 heavy (non-hydrogen) atoms. The summed E-state index contributed by atoms with van der Waals surface area (Å²) in [5.41, 5.74) is 7.42. The highest BCUT2D eigenvalue weighted by atomic mass is 35.5. The molecule has 6 heteroatoms. The molecule has 0 saturated heterocycles. The number of benzene rings is 2. The number of ether oxygens (including phenoxy) is 1. The molecule has 1 amide bonds. The smallest absolute Gasteiger partial charge is 0.277 e. The maximum atomic E-state index is 12.1. The van der Waals surface area contributed by atoms with Crippen LogP contribution in [0.5, 0.6) is 5.75 Å². The standard InChI is InChI=1S/C25H32ClN3O2/c1-16(2)29-23-11-17(3)19(12-22(23)18(4)13-25(29,5)6)14-27-28-24(30)15-31-21-9-7-20(26)8-10-21/h7-12,14,16,18H,13,15H2,1-6H3,(H,28,30)/b27-14-/t18-/m1/s1. The number of nitrogens with one attached hydrogen (secondary N) is 1. The molecule has 0 aromatic heterocycles. The Morgan fingerprint density at radius 2 is 2.00 bits per heavy atom. The van der Waals surface area contributed by atoms with Crippen molar-refractivity contribution < 1.29 is 9.53 Å². The Morgan fingerprint density at radius 1 is 1.32 bits per heavy atom. The third kappa shape index (κ3) is 5.40. The van der Waals surface area contributed by atoms with Crippen molar-refractivity contribution >= 4 is 29.4 Å². The maximum absolute atomic E-state index is 12.1. The van der Waals surface area contributed by atoms with Gasteiger partial charge in [0, 0.05) is 22.3 Å². The van der Waals surface area contributed by atoms with Gasteiger partial charge in [0.05, 0.1) is 6.21 Å². The van der Waals surface area contributed by atoms with Gasteiger partial charge in [-0.3, -0.25) is 4.79 Å². The average molecular weight is 442 g/mol. The van der Waals surface area contributed by atoms with E-state index >= 15 is 0 Å². The van der Waals surface area contributed by atoms with Crippen LogP contribution >= 0.6 is 11.6 Å². The summed E-state index contributed by atoms with van der Waals surface area (Å²) in [6.45, 7) is 13.4. The predicted octanol–water partition coefficient (Wildman–Crippen LogP) is 5.68. The third-order valence-electron chi connectivity index (χ3n) is 5.76. The van der Waals surface area contributed by atoms with E-state index in [-0.39, 0.29) is 18.1 Å². The minimum absolute atomic E-state index is 0.112.